The van der Waals surface area contributed by atoms with Crippen molar-refractivity contribution in [3.8, 4) is 0 Å². The van der Waals surface area contributed by atoms with E-state index in [1.54, 1.807) is 54.6 Å². The first kappa shape index (κ1) is 20.1. The van der Waals surface area contributed by atoms with Crippen molar-refractivity contribution in [3.63, 3.8) is 0 Å². The number of ether oxygens (including phenoxy) is 1. The minimum absolute atomic E-state index is 0.0714. The maximum absolute atomic E-state index is 12.6. The van der Waals surface area contributed by atoms with E-state index in [1.807, 2.05) is 36.4 Å². The summed E-state index contributed by atoms with van der Waals surface area (Å²) in [6, 6.07) is 25.4. The van der Waals surface area contributed by atoms with Crippen LogP contribution in [0.15, 0.2) is 95.5 Å². The van der Waals surface area contributed by atoms with E-state index >= 15 is 0 Å². The van der Waals surface area contributed by atoms with Crippen molar-refractivity contribution in [2.45, 2.75) is 0 Å². The van der Waals surface area contributed by atoms with Gasteiger partial charge in [0.2, 0.25) is 0 Å². The fraction of sp³-hybridized carbons (Fsp3) is 0.0435. The van der Waals surface area contributed by atoms with Crippen LogP contribution >= 0.6 is 11.6 Å². The Bertz CT molecular complexity index is 968. The van der Waals surface area contributed by atoms with Crippen LogP contribution < -0.4 is 4.46 Å². The van der Waals surface area contributed by atoms with Gasteiger partial charge in [-0.25, -0.2) is 0 Å². The predicted molar refractivity (Wildman–Crippen MR) is 112 cm³/mol. The molecule has 28 heavy (non-hydrogen) atoms. The topological polar surface area (TPSA) is 43.4 Å². The number of hydrogen-bond donors (Lipinski definition) is 0. The molecule has 3 nitrogen and oxygen atoms in total. The van der Waals surface area contributed by atoms with Crippen molar-refractivity contribution in [2.24, 2.45) is 0 Å². The van der Waals surface area contributed by atoms with Gasteiger partial charge in [0.15, 0.2) is 0 Å². The molecule has 140 valence electrons. The summed E-state index contributed by atoms with van der Waals surface area (Å²) >= 11 is 5.75. The zero-order valence-electron chi connectivity index (χ0n) is 14.9. The Hall–Kier alpha value is -2.65. The Morgan fingerprint density at radius 2 is 1.43 bits per heavy atom. The van der Waals surface area contributed by atoms with Gasteiger partial charge in [0.1, 0.15) is 0 Å². The number of allylic oxidation sites excluding steroid dienone is 1. The van der Waals surface area contributed by atoms with E-state index < -0.39 is 5.97 Å². The van der Waals surface area contributed by atoms with Crippen LogP contribution in [0.4, 0.5) is 0 Å². The number of carbonyl (C=O) groups excluding carboxylic acids is 2. The van der Waals surface area contributed by atoms with Gasteiger partial charge in [0, 0.05) is 0 Å². The molecule has 3 aromatic rings. The molecule has 0 radical (unpaired) electrons. The molecule has 3 rings (SSSR count). The molecule has 5 heteroatoms. The number of hydrogen-bond acceptors (Lipinski definition) is 3. The SMILES string of the molecule is O=C(/C=C(/COC(=O)c1ccccc1)[Se]c1ccccc1)c1ccc(Cl)cc1. The predicted octanol–water partition coefficient (Wildman–Crippen LogP) is 4.29. The summed E-state index contributed by atoms with van der Waals surface area (Å²) in [6.07, 6.45) is 1.56. The summed E-state index contributed by atoms with van der Waals surface area (Å²) in [5.74, 6) is -0.547. The molecular weight excluding hydrogens is 439 g/mol. The third-order valence-corrected chi connectivity index (χ3v) is 6.13. The molecule has 0 saturated heterocycles. The Balaban J connectivity index is 1.77. The molecule has 0 unspecified atom stereocenters. The Labute approximate surface area is 175 Å². The second-order valence-corrected chi connectivity index (χ2v) is 8.79. The third-order valence-electron chi connectivity index (χ3n) is 3.77. The van der Waals surface area contributed by atoms with E-state index in [-0.39, 0.29) is 27.3 Å². The maximum atomic E-state index is 12.6. The van der Waals surface area contributed by atoms with E-state index in [1.165, 1.54) is 0 Å². The van der Waals surface area contributed by atoms with Crippen LogP contribution in [0.25, 0.3) is 0 Å². The Morgan fingerprint density at radius 1 is 0.821 bits per heavy atom. The first-order chi connectivity index (χ1) is 13.6. The molecule has 0 amide bonds. The normalized spacial score (nSPS) is 11.1. The van der Waals surface area contributed by atoms with E-state index in [0.29, 0.717) is 16.1 Å². The van der Waals surface area contributed by atoms with Gasteiger partial charge in [0.25, 0.3) is 0 Å². The van der Waals surface area contributed by atoms with Crippen LogP contribution in [0.1, 0.15) is 20.7 Å². The van der Waals surface area contributed by atoms with Gasteiger partial charge in [-0.1, -0.05) is 0 Å². The van der Waals surface area contributed by atoms with Gasteiger partial charge in [0.05, 0.1) is 0 Å². The molecule has 0 bridgehead atoms. The zero-order chi connectivity index (χ0) is 19.8. The molecule has 0 N–H and O–H groups in total. The van der Waals surface area contributed by atoms with E-state index in [0.717, 1.165) is 8.93 Å². The van der Waals surface area contributed by atoms with Crippen LogP contribution in [-0.4, -0.2) is 33.3 Å². The number of halogens is 1. The standard InChI is InChI=1S/C23H17ClO3Se/c24-19-13-11-17(12-14-19)22(25)15-21(28-20-9-5-2-6-10-20)16-27-23(26)18-7-3-1-4-8-18/h1-15H,16H2/b21-15-. The van der Waals surface area contributed by atoms with Crippen LogP contribution in [0.2, 0.25) is 5.02 Å². The van der Waals surface area contributed by atoms with Crippen molar-refractivity contribution in [2.75, 3.05) is 6.61 Å². The van der Waals surface area contributed by atoms with Gasteiger partial charge in [-0.05, 0) is 0 Å². The van der Waals surface area contributed by atoms with Crippen LogP contribution in [-0.2, 0) is 4.74 Å². The van der Waals surface area contributed by atoms with Crippen LogP contribution in [0.3, 0.4) is 0 Å². The van der Waals surface area contributed by atoms with Crippen LogP contribution in [0, 0.1) is 0 Å². The van der Waals surface area contributed by atoms with E-state index in [2.05, 4.69) is 0 Å². The van der Waals surface area contributed by atoms with E-state index in [9.17, 15) is 9.59 Å². The quantitative estimate of drug-likeness (QED) is 0.231. The van der Waals surface area contributed by atoms with Gasteiger partial charge in [-0.3, -0.25) is 0 Å². The van der Waals surface area contributed by atoms with Gasteiger partial charge < -0.3 is 0 Å². The molecule has 0 aromatic heterocycles. The molecular formula is C23H17ClO3Se. The summed E-state index contributed by atoms with van der Waals surface area (Å²) in [7, 11) is 0. The Kier molecular flexibility index (Phi) is 7.21. The fourth-order valence-electron chi connectivity index (χ4n) is 2.38. The number of esters is 1. The van der Waals surface area contributed by atoms with Gasteiger partial charge in [-0.2, -0.15) is 0 Å². The van der Waals surface area contributed by atoms with E-state index in [4.69, 9.17) is 16.3 Å². The zero-order valence-corrected chi connectivity index (χ0v) is 17.3. The summed E-state index contributed by atoms with van der Waals surface area (Å²) in [5, 5.41) is 0.575. The summed E-state index contributed by atoms with van der Waals surface area (Å²) in [4.78, 5) is 24.9. The fourth-order valence-corrected chi connectivity index (χ4v) is 4.35. The number of carbonyl (C=O) groups is 2. The van der Waals surface area contributed by atoms with Crippen molar-refractivity contribution in [3.05, 3.63) is 112 Å². The molecule has 0 heterocycles. The molecule has 0 spiro atoms. The van der Waals surface area contributed by atoms with Crippen molar-refractivity contribution < 1.29 is 14.3 Å². The molecule has 0 saturated carbocycles. The van der Waals surface area contributed by atoms with Crippen molar-refractivity contribution in [1.82, 2.24) is 0 Å². The summed E-state index contributed by atoms with van der Waals surface area (Å²) < 4.78 is 7.33. The number of rotatable bonds is 7. The molecule has 0 aliphatic heterocycles. The summed E-state index contributed by atoms with van der Waals surface area (Å²) in [6.45, 7) is 0.0714. The third kappa shape index (κ3) is 5.93. The van der Waals surface area contributed by atoms with Crippen LogP contribution in [0.5, 0.6) is 0 Å². The molecule has 0 aliphatic rings. The molecule has 0 fully saturated rings. The molecule has 0 aliphatic carbocycles. The molecule has 0 atom stereocenters. The average Bonchev–Trinajstić information content (AvgIpc) is 2.73. The van der Waals surface area contributed by atoms with Gasteiger partial charge >= 0.3 is 175 Å². The Morgan fingerprint density at radius 3 is 2.07 bits per heavy atom. The first-order valence-corrected chi connectivity index (χ1v) is 10.7. The number of benzene rings is 3. The number of ketones is 1. The summed E-state index contributed by atoms with van der Waals surface area (Å²) in [5.41, 5.74) is 1.03. The molecule has 3 aromatic carbocycles. The van der Waals surface area contributed by atoms with Crippen molar-refractivity contribution >= 4 is 42.8 Å². The minimum atomic E-state index is -0.408. The monoisotopic (exact) mass is 456 g/mol. The van der Waals surface area contributed by atoms with Crippen molar-refractivity contribution in [1.29, 1.82) is 0 Å². The second kappa shape index (κ2) is 10.0. The second-order valence-electron chi connectivity index (χ2n) is 5.84. The first-order valence-electron chi connectivity index (χ1n) is 8.57. The van der Waals surface area contributed by atoms with Gasteiger partial charge in [-0.15, -0.1) is 0 Å². The average molecular weight is 456 g/mol.